The van der Waals surface area contributed by atoms with Crippen molar-refractivity contribution in [3.8, 4) is 5.75 Å². The first-order valence-corrected chi connectivity index (χ1v) is 13.0. The zero-order chi connectivity index (χ0) is 22.3. The van der Waals surface area contributed by atoms with Crippen molar-refractivity contribution in [1.29, 1.82) is 0 Å². The first kappa shape index (κ1) is 21.0. The van der Waals surface area contributed by atoms with Crippen LogP contribution in [0.4, 0.5) is 4.39 Å². The quantitative estimate of drug-likeness (QED) is 0.520. The van der Waals surface area contributed by atoms with Gasteiger partial charge in [0.2, 0.25) is 0 Å². The van der Waals surface area contributed by atoms with Crippen molar-refractivity contribution in [3.63, 3.8) is 0 Å². The predicted octanol–water partition coefficient (Wildman–Crippen LogP) is 6.56. The topological polar surface area (TPSA) is 29.5 Å². The standard InChI is InChI=1S/C28H38FNO2/c1-17-27(2,3)6-7-30(17)26(31)23-11-22(21-4-5-21)25(12-24(23)29)32-16-28-13-18-8-19(14-28)10-20(9-18)15-28/h11-12,17-21H,4-10,13-16H2,1-3H3. The van der Waals surface area contributed by atoms with Crippen molar-refractivity contribution < 1.29 is 13.9 Å². The van der Waals surface area contributed by atoms with E-state index in [2.05, 4.69) is 20.8 Å². The third-order valence-electron chi connectivity index (χ3n) is 9.90. The normalized spacial score (nSPS) is 37.2. The largest absolute Gasteiger partial charge is 0.493 e. The molecule has 1 unspecified atom stereocenters. The van der Waals surface area contributed by atoms with Crippen LogP contribution in [0.1, 0.15) is 100 Å². The summed E-state index contributed by atoms with van der Waals surface area (Å²) in [6.45, 7) is 7.90. The van der Waals surface area contributed by atoms with Gasteiger partial charge in [-0.1, -0.05) is 13.8 Å². The first-order chi connectivity index (χ1) is 15.2. The molecule has 4 bridgehead atoms. The number of hydrogen-bond acceptors (Lipinski definition) is 2. The fourth-order valence-electron chi connectivity index (χ4n) is 7.94. The third-order valence-corrected chi connectivity index (χ3v) is 9.90. The number of halogens is 1. The number of carbonyl (C=O) groups is 1. The molecule has 0 radical (unpaired) electrons. The highest BCUT2D eigenvalue weighted by atomic mass is 19.1. The minimum atomic E-state index is -0.420. The Balaban J connectivity index is 1.24. The molecule has 1 aromatic rings. The van der Waals surface area contributed by atoms with Crippen LogP contribution in [0, 0.1) is 34.4 Å². The van der Waals surface area contributed by atoms with Crippen LogP contribution in [0.5, 0.6) is 5.75 Å². The Morgan fingerprint density at radius 1 is 1.09 bits per heavy atom. The Kier molecular flexibility index (Phi) is 4.73. The molecule has 6 fully saturated rings. The van der Waals surface area contributed by atoms with Gasteiger partial charge in [0.15, 0.2) is 0 Å². The number of benzene rings is 1. The van der Waals surface area contributed by atoms with Gasteiger partial charge in [-0.25, -0.2) is 4.39 Å². The molecule has 3 nitrogen and oxygen atoms in total. The van der Waals surface area contributed by atoms with Crippen LogP contribution in [0.2, 0.25) is 0 Å². The van der Waals surface area contributed by atoms with Crippen molar-refractivity contribution >= 4 is 5.91 Å². The van der Waals surface area contributed by atoms with Gasteiger partial charge in [-0.15, -0.1) is 0 Å². The molecule has 6 aliphatic rings. The van der Waals surface area contributed by atoms with Crippen LogP contribution in [0.15, 0.2) is 12.1 Å². The molecule has 0 spiro atoms. The summed E-state index contributed by atoms with van der Waals surface area (Å²) in [5.74, 6) is 3.20. The Morgan fingerprint density at radius 2 is 1.72 bits per heavy atom. The number of carbonyl (C=O) groups excluding carboxylic acids is 1. The van der Waals surface area contributed by atoms with E-state index in [-0.39, 0.29) is 22.9 Å². The summed E-state index contributed by atoms with van der Waals surface area (Å²) in [5, 5.41) is 0. The lowest BCUT2D eigenvalue weighted by Gasteiger charge is -2.56. The summed E-state index contributed by atoms with van der Waals surface area (Å²) in [6.07, 6.45) is 11.3. The van der Waals surface area contributed by atoms with E-state index in [1.54, 1.807) is 0 Å². The lowest BCUT2D eigenvalue weighted by atomic mass is 9.50. The molecule has 7 rings (SSSR count). The van der Waals surface area contributed by atoms with E-state index < -0.39 is 5.82 Å². The highest BCUT2D eigenvalue weighted by Crippen LogP contribution is 2.60. The molecule has 5 saturated carbocycles. The summed E-state index contributed by atoms with van der Waals surface area (Å²) in [7, 11) is 0. The summed E-state index contributed by atoms with van der Waals surface area (Å²) in [4.78, 5) is 15.2. The van der Waals surface area contributed by atoms with E-state index in [1.807, 2.05) is 11.0 Å². The zero-order valence-electron chi connectivity index (χ0n) is 20.0. The predicted molar refractivity (Wildman–Crippen MR) is 123 cm³/mol. The molecule has 1 aromatic carbocycles. The molecule has 1 aliphatic heterocycles. The van der Waals surface area contributed by atoms with Crippen molar-refractivity contribution in [2.24, 2.45) is 28.6 Å². The SMILES string of the molecule is CC1N(C(=O)c2cc(C3CC3)c(OCC34CC5CC(CC(C5)C3)C4)cc2F)CCC1(C)C. The van der Waals surface area contributed by atoms with Crippen molar-refractivity contribution in [1.82, 2.24) is 4.90 Å². The summed E-state index contributed by atoms with van der Waals surface area (Å²) in [6, 6.07) is 3.49. The monoisotopic (exact) mass is 439 g/mol. The lowest BCUT2D eigenvalue weighted by Crippen LogP contribution is -2.48. The molecule has 1 atom stereocenters. The fourth-order valence-corrected chi connectivity index (χ4v) is 7.94. The van der Waals surface area contributed by atoms with Crippen LogP contribution in [0.25, 0.3) is 0 Å². The summed E-state index contributed by atoms with van der Waals surface area (Å²) in [5.41, 5.74) is 1.67. The van der Waals surface area contributed by atoms with Crippen molar-refractivity contribution in [3.05, 3.63) is 29.1 Å². The first-order valence-electron chi connectivity index (χ1n) is 13.0. The van der Waals surface area contributed by atoms with E-state index in [9.17, 15) is 4.79 Å². The number of likely N-dealkylation sites (tertiary alicyclic amines) is 1. The van der Waals surface area contributed by atoms with Crippen LogP contribution in [0.3, 0.4) is 0 Å². The Labute approximate surface area is 192 Å². The maximum Gasteiger partial charge on any atom is 0.257 e. The summed E-state index contributed by atoms with van der Waals surface area (Å²) >= 11 is 0. The molecule has 0 aromatic heterocycles. The van der Waals surface area contributed by atoms with E-state index in [0.29, 0.717) is 23.6 Å². The van der Waals surface area contributed by atoms with E-state index in [0.717, 1.165) is 49.2 Å². The van der Waals surface area contributed by atoms with Gasteiger partial charge in [-0.3, -0.25) is 4.79 Å². The molecular formula is C28H38FNO2. The van der Waals surface area contributed by atoms with Gasteiger partial charge in [0.1, 0.15) is 11.6 Å². The number of amides is 1. The van der Waals surface area contributed by atoms with Gasteiger partial charge in [-0.05, 0) is 105 Å². The molecule has 32 heavy (non-hydrogen) atoms. The highest BCUT2D eigenvalue weighted by Gasteiger charge is 2.51. The Morgan fingerprint density at radius 3 is 2.25 bits per heavy atom. The van der Waals surface area contributed by atoms with Gasteiger partial charge in [0.25, 0.3) is 5.91 Å². The molecular weight excluding hydrogens is 401 g/mol. The Hall–Kier alpha value is -1.58. The van der Waals surface area contributed by atoms with E-state index in [4.69, 9.17) is 4.74 Å². The van der Waals surface area contributed by atoms with Gasteiger partial charge in [0.05, 0.1) is 12.2 Å². The molecule has 4 heteroatoms. The maximum atomic E-state index is 15.3. The van der Waals surface area contributed by atoms with Gasteiger partial charge in [-0.2, -0.15) is 0 Å². The van der Waals surface area contributed by atoms with E-state index in [1.165, 1.54) is 44.6 Å². The molecule has 5 aliphatic carbocycles. The number of rotatable bonds is 5. The van der Waals surface area contributed by atoms with Gasteiger partial charge >= 0.3 is 0 Å². The van der Waals surface area contributed by atoms with E-state index >= 15 is 4.39 Å². The molecule has 0 N–H and O–H groups in total. The van der Waals surface area contributed by atoms with Crippen LogP contribution in [-0.2, 0) is 0 Å². The summed E-state index contributed by atoms with van der Waals surface area (Å²) < 4.78 is 21.7. The fraction of sp³-hybridized carbons (Fsp3) is 0.750. The number of nitrogens with zero attached hydrogens (tertiary/aromatic N) is 1. The van der Waals surface area contributed by atoms with Gasteiger partial charge < -0.3 is 9.64 Å². The van der Waals surface area contributed by atoms with Crippen LogP contribution < -0.4 is 4.74 Å². The average Bonchev–Trinajstić information content (AvgIpc) is 3.52. The average molecular weight is 440 g/mol. The second kappa shape index (κ2) is 7.21. The smallest absolute Gasteiger partial charge is 0.257 e. The third kappa shape index (κ3) is 3.47. The zero-order valence-corrected chi connectivity index (χ0v) is 20.0. The number of hydrogen-bond donors (Lipinski definition) is 0. The lowest BCUT2D eigenvalue weighted by molar-refractivity contribution is -0.0747. The molecule has 1 saturated heterocycles. The van der Waals surface area contributed by atoms with Crippen LogP contribution in [-0.4, -0.2) is 30.0 Å². The molecule has 1 amide bonds. The van der Waals surface area contributed by atoms with Crippen LogP contribution >= 0.6 is 0 Å². The van der Waals surface area contributed by atoms with Gasteiger partial charge in [0, 0.05) is 24.1 Å². The molecule has 174 valence electrons. The van der Waals surface area contributed by atoms with Crippen molar-refractivity contribution in [2.75, 3.05) is 13.2 Å². The second-order valence-corrected chi connectivity index (χ2v) is 12.8. The number of ether oxygens (including phenoxy) is 1. The minimum absolute atomic E-state index is 0.0758. The Bertz CT molecular complexity index is 898. The highest BCUT2D eigenvalue weighted by molar-refractivity contribution is 5.95. The maximum absolute atomic E-state index is 15.3. The second-order valence-electron chi connectivity index (χ2n) is 12.8. The minimum Gasteiger partial charge on any atom is -0.493 e. The van der Waals surface area contributed by atoms with Crippen molar-refractivity contribution in [2.45, 2.75) is 90.5 Å². The molecule has 1 heterocycles.